The third-order valence-electron chi connectivity index (χ3n) is 5.12. The molecule has 0 aromatic carbocycles. The highest BCUT2D eigenvalue weighted by Gasteiger charge is 2.54. The van der Waals surface area contributed by atoms with Crippen LogP contribution in [0, 0.1) is 0 Å². The van der Waals surface area contributed by atoms with Gasteiger partial charge in [0, 0.05) is 23.0 Å². The van der Waals surface area contributed by atoms with Crippen molar-refractivity contribution in [2.45, 2.75) is 27.5 Å². The molecule has 2 aromatic rings. The summed E-state index contributed by atoms with van der Waals surface area (Å²) in [6, 6.07) is 5.85. The van der Waals surface area contributed by atoms with Crippen molar-refractivity contribution in [1.29, 1.82) is 0 Å². The maximum atomic E-state index is 12.9. The number of nitrogens with zero attached hydrogens (tertiary/aromatic N) is 4. The number of pyridine rings is 1. The van der Waals surface area contributed by atoms with Crippen LogP contribution in [0.25, 0.3) is 0 Å². The first kappa shape index (κ1) is 26.2. The first-order valence-electron chi connectivity index (χ1n) is 10.5. The van der Waals surface area contributed by atoms with Gasteiger partial charge in [-0.05, 0) is 24.3 Å². The van der Waals surface area contributed by atoms with Crippen molar-refractivity contribution in [3.63, 3.8) is 0 Å². The Kier molecular flexibility index (Phi) is 8.32. The van der Waals surface area contributed by atoms with Gasteiger partial charge < -0.3 is 27.1 Å². The number of fused-ring (bicyclic) bond motifs is 1. The van der Waals surface area contributed by atoms with Crippen LogP contribution >= 0.6 is 35.3 Å². The number of carbonyl (C=O) groups excluding carboxylic acids is 2. The molecule has 8 N–H and O–H groups in total. The molecule has 2 aliphatic rings. The standard InChI is InChI=1S/C20H22N8O5S3/c21-6-7-34-12-4-5-13(26-25-12)36-10-8-35-19-15(18(30)28(19)16(10)20(31)32)24-17(29)14(27-33)9-2-1-3-11(22)23-9/h1-5,14-15,19,27,33H,6-8,21H2,(H2,22,23)(H,24,29)(H,31,32)/t14-,15-,19-/m1/s1. The molecule has 0 aliphatic carbocycles. The number of carboxylic acid groups (broad SMARTS) is 1. The summed E-state index contributed by atoms with van der Waals surface area (Å²) in [6.07, 6.45) is 0. The number of carbonyl (C=O) groups is 3. The second-order valence-electron chi connectivity index (χ2n) is 7.47. The summed E-state index contributed by atoms with van der Waals surface area (Å²) in [5, 5.41) is 30.7. The van der Waals surface area contributed by atoms with E-state index in [4.69, 9.17) is 11.5 Å². The molecule has 190 valence electrons. The molecule has 13 nitrogen and oxygen atoms in total. The minimum Gasteiger partial charge on any atom is -0.477 e. The highest BCUT2D eigenvalue weighted by Crippen LogP contribution is 2.45. The van der Waals surface area contributed by atoms with Gasteiger partial charge >= 0.3 is 5.97 Å². The third kappa shape index (κ3) is 5.42. The summed E-state index contributed by atoms with van der Waals surface area (Å²) in [5.41, 5.74) is 13.0. The fourth-order valence-electron chi connectivity index (χ4n) is 3.52. The summed E-state index contributed by atoms with van der Waals surface area (Å²) in [5.74, 6) is -1.40. The van der Waals surface area contributed by atoms with Crippen molar-refractivity contribution >= 4 is 58.9 Å². The molecular formula is C20H22N8O5S3. The van der Waals surface area contributed by atoms with E-state index in [-0.39, 0.29) is 23.0 Å². The predicted octanol–water partition coefficient (Wildman–Crippen LogP) is 0.0129. The molecule has 4 heterocycles. The van der Waals surface area contributed by atoms with Crippen LogP contribution in [0.3, 0.4) is 0 Å². The van der Waals surface area contributed by atoms with Crippen molar-refractivity contribution in [1.82, 2.24) is 30.9 Å². The van der Waals surface area contributed by atoms with Gasteiger partial charge in [0.05, 0.1) is 5.69 Å². The summed E-state index contributed by atoms with van der Waals surface area (Å²) >= 11 is 3.90. The van der Waals surface area contributed by atoms with Gasteiger partial charge in [-0.25, -0.2) is 9.78 Å². The van der Waals surface area contributed by atoms with E-state index in [1.54, 1.807) is 18.2 Å². The van der Waals surface area contributed by atoms with E-state index in [1.165, 1.54) is 35.7 Å². The van der Waals surface area contributed by atoms with Crippen molar-refractivity contribution in [2.75, 3.05) is 23.8 Å². The number of nitrogens with one attached hydrogen (secondary N) is 2. The molecule has 4 rings (SSSR count). The number of thioether (sulfide) groups is 3. The fourth-order valence-corrected chi connectivity index (χ4v) is 6.50. The number of amides is 2. The van der Waals surface area contributed by atoms with Crippen LogP contribution in [0.4, 0.5) is 5.82 Å². The average Bonchev–Trinajstić information content (AvgIpc) is 2.87. The third-order valence-corrected chi connectivity index (χ3v) is 8.55. The summed E-state index contributed by atoms with van der Waals surface area (Å²) in [7, 11) is 0. The van der Waals surface area contributed by atoms with Gasteiger partial charge in [-0.3, -0.25) is 14.5 Å². The Bertz CT molecular complexity index is 1200. The number of β-lactam (4-membered cyclic amide) rings is 1. The first-order valence-corrected chi connectivity index (χ1v) is 13.4. The smallest absolute Gasteiger partial charge is 0.353 e. The minimum absolute atomic E-state index is 0.156. The largest absolute Gasteiger partial charge is 0.477 e. The van der Waals surface area contributed by atoms with Gasteiger partial charge in [0.25, 0.3) is 5.91 Å². The normalized spacial score (nSPS) is 19.9. The van der Waals surface area contributed by atoms with Gasteiger partial charge in [0.2, 0.25) is 5.91 Å². The van der Waals surface area contributed by atoms with Crippen LogP contribution in [0.5, 0.6) is 0 Å². The van der Waals surface area contributed by atoms with E-state index in [9.17, 15) is 24.7 Å². The number of aliphatic carboxylic acids is 1. The quantitative estimate of drug-likeness (QED) is 0.131. The number of nitrogen functional groups attached to an aromatic ring is 1. The van der Waals surface area contributed by atoms with E-state index in [2.05, 4.69) is 20.5 Å². The Morgan fingerprint density at radius 2 is 2.00 bits per heavy atom. The molecule has 0 spiro atoms. The summed E-state index contributed by atoms with van der Waals surface area (Å²) in [6.45, 7) is 0.510. The molecule has 0 saturated carbocycles. The highest BCUT2D eigenvalue weighted by atomic mass is 32.2. The number of hydrogen-bond acceptors (Lipinski definition) is 13. The maximum Gasteiger partial charge on any atom is 0.353 e. The number of hydrogen-bond donors (Lipinski definition) is 6. The van der Waals surface area contributed by atoms with Gasteiger partial charge in [0.1, 0.15) is 33.0 Å². The molecule has 2 aliphatic heterocycles. The maximum absolute atomic E-state index is 12.9. The second-order valence-corrected chi connectivity index (χ2v) is 10.8. The van der Waals surface area contributed by atoms with Gasteiger partial charge in [0.15, 0.2) is 6.04 Å². The van der Waals surface area contributed by atoms with Crippen molar-refractivity contribution in [3.05, 3.63) is 46.6 Å². The van der Waals surface area contributed by atoms with Gasteiger partial charge in [-0.15, -0.1) is 33.7 Å². The lowest BCUT2D eigenvalue weighted by Gasteiger charge is -2.49. The van der Waals surface area contributed by atoms with Crippen LogP contribution in [-0.2, 0) is 14.4 Å². The number of rotatable bonds is 10. The van der Waals surface area contributed by atoms with Gasteiger partial charge in [-0.1, -0.05) is 17.8 Å². The van der Waals surface area contributed by atoms with Crippen molar-refractivity contribution in [3.8, 4) is 0 Å². The van der Waals surface area contributed by atoms with E-state index in [0.29, 0.717) is 27.3 Å². The molecule has 2 aromatic heterocycles. The topological polar surface area (TPSA) is 210 Å². The molecular weight excluding hydrogens is 528 g/mol. The number of aromatic nitrogens is 3. The minimum atomic E-state index is -1.27. The van der Waals surface area contributed by atoms with E-state index in [0.717, 1.165) is 16.7 Å². The average molecular weight is 551 g/mol. The zero-order valence-corrected chi connectivity index (χ0v) is 21.0. The van der Waals surface area contributed by atoms with Crippen LogP contribution < -0.4 is 22.3 Å². The lowest BCUT2D eigenvalue weighted by atomic mass is 10.0. The summed E-state index contributed by atoms with van der Waals surface area (Å²) in [4.78, 5) is 43.4. The second kappa shape index (κ2) is 11.4. The monoisotopic (exact) mass is 550 g/mol. The molecule has 2 amide bonds. The Morgan fingerprint density at radius 1 is 1.25 bits per heavy atom. The Labute approximate surface area is 217 Å². The SMILES string of the molecule is NCCSc1ccc(SC2=C(C(=O)O)N3C(=O)[C@@H](NC(=O)[C@H](NO)c4cccc(N)n4)[C@H]3SC2)nn1. The van der Waals surface area contributed by atoms with Crippen LogP contribution in [0.15, 0.2) is 51.0 Å². The molecule has 3 atom stereocenters. The Morgan fingerprint density at radius 3 is 2.64 bits per heavy atom. The van der Waals surface area contributed by atoms with Crippen LogP contribution in [-0.4, -0.2) is 77.6 Å². The van der Waals surface area contributed by atoms with Crippen molar-refractivity contribution < 1.29 is 24.7 Å². The Balaban J connectivity index is 1.47. The lowest BCUT2D eigenvalue weighted by Crippen LogP contribution is -2.71. The predicted molar refractivity (Wildman–Crippen MR) is 134 cm³/mol. The zero-order chi connectivity index (χ0) is 25.8. The van der Waals surface area contributed by atoms with Crippen LogP contribution in [0.2, 0.25) is 0 Å². The van der Waals surface area contributed by atoms with Crippen molar-refractivity contribution in [2.24, 2.45) is 5.73 Å². The van der Waals surface area contributed by atoms with Gasteiger partial charge in [-0.2, -0.15) is 5.48 Å². The van der Waals surface area contributed by atoms with Crippen LogP contribution in [0.1, 0.15) is 11.7 Å². The fraction of sp³-hybridized carbons (Fsp3) is 0.300. The van der Waals surface area contributed by atoms with E-state index >= 15 is 0 Å². The molecule has 1 fully saturated rings. The number of nitrogens with two attached hydrogens (primary N) is 2. The molecule has 0 radical (unpaired) electrons. The molecule has 16 heteroatoms. The molecule has 0 unspecified atom stereocenters. The molecule has 0 bridgehead atoms. The first-order chi connectivity index (χ1) is 17.3. The lowest BCUT2D eigenvalue weighted by molar-refractivity contribution is -0.151. The zero-order valence-electron chi connectivity index (χ0n) is 18.5. The van der Waals surface area contributed by atoms with E-state index < -0.39 is 35.2 Å². The number of carboxylic acids is 1. The number of hydroxylamine groups is 1. The number of anilines is 1. The molecule has 1 saturated heterocycles. The molecule has 36 heavy (non-hydrogen) atoms. The Hall–Kier alpha value is -2.89. The highest BCUT2D eigenvalue weighted by molar-refractivity contribution is 8.06. The van der Waals surface area contributed by atoms with E-state index in [1.807, 2.05) is 5.48 Å². The summed E-state index contributed by atoms with van der Waals surface area (Å²) < 4.78 is 0.